The minimum Gasteiger partial charge on any atom is -0.483 e. The summed E-state index contributed by atoms with van der Waals surface area (Å²) < 4.78 is 32.3. The van der Waals surface area contributed by atoms with E-state index in [1.54, 1.807) is 13.8 Å². The molecule has 35 heavy (non-hydrogen) atoms. The van der Waals surface area contributed by atoms with Gasteiger partial charge in [-0.25, -0.2) is 8.78 Å². The van der Waals surface area contributed by atoms with Crippen molar-refractivity contribution in [3.05, 3.63) is 41.3 Å². The number of amides is 1. The molecule has 0 unspecified atom stereocenters. The number of carbonyl (C=O) groups is 3. The van der Waals surface area contributed by atoms with Crippen LogP contribution in [-0.2, 0) is 19.1 Å². The zero-order valence-electron chi connectivity index (χ0n) is 21.2. The van der Waals surface area contributed by atoms with Gasteiger partial charge in [0.2, 0.25) is 5.76 Å². The van der Waals surface area contributed by atoms with E-state index in [9.17, 15) is 23.2 Å². The van der Waals surface area contributed by atoms with Crippen LogP contribution in [0.1, 0.15) is 53.4 Å². The number of hydrogen-bond donors (Lipinski definition) is 4. The van der Waals surface area contributed by atoms with E-state index in [1.165, 1.54) is 0 Å². The largest absolute Gasteiger partial charge is 0.483 e. The summed E-state index contributed by atoms with van der Waals surface area (Å²) >= 11 is 0. The van der Waals surface area contributed by atoms with Crippen LogP contribution in [0, 0.1) is 23.0 Å². The Hall–Kier alpha value is -3.14. The van der Waals surface area contributed by atoms with Gasteiger partial charge in [0.1, 0.15) is 17.3 Å². The maximum absolute atomic E-state index is 13.3. The Morgan fingerprint density at radius 2 is 1.66 bits per heavy atom. The topological polar surface area (TPSA) is 120 Å². The lowest BCUT2D eigenvalue weighted by atomic mass is 10.1. The zero-order chi connectivity index (χ0) is 26.8. The summed E-state index contributed by atoms with van der Waals surface area (Å²) in [5, 5.41) is 15.7. The van der Waals surface area contributed by atoms with Crippen molar-refractivity contribution in [1.29, 1.82) is 5.41 Å². The van der Waals surface area contributed by atoms with E-state index in [1.807, 2.05) is 14.0 Å². The van der Waals surface area contributed by atoms with Crippen molar-refractivity contribution in [2.75, 3.05) is 25.5 Å². The minimum atomic E-state index is -0.786. The molecule has 1 aromatic carbocycles. The minimum absolute atomic E-state index is 0.00847. The van der Waals surface area contributed by atoms with E-state index in [4.69, 9.17) is 10.1 Å². The molecule has 10 heteroatoms. The van der Waals surface area contributed by atoms with Gasteiger partial charge in [-0.3, -0.25) is 14.4 Å². The van der Waals surface area contributed by atoms with Crippen molar-refractivity contribution in [3.63, 3.8) is 0 Å². The smallest absolute Gasteiger partial charge is 0.293 e. The van der Waals surface area contributed by atoms with E-state index in [2.05, 4.69) is 22.9 Å². The van der Waals surface area contributed by atoms with Crippen molar-refractivity contribution in [1.82, 2.24) is 10.6 Å². The standard InChI is InChI=1S/C17H21F2N3O2.C5H8O2.C3H9N/c1-2-21-15(10-20)16(24-14-5-3-4-6-14)17(23)22-13-8-11(18)7-12(19)9-13;1-4(2)5(7)3-6;1-3-4-2/h7-10,14,20-21H,2-6H2,1H3,(H,22,23);3-4H,1-2H3;4H,3H2,1-2H3/b16-15-,20-10?;;. The molecule has 0 heterocycles. The van der Waals surface area contributed by atoms with E-state index in [0.29, 0.717) is 12.8 Å². The number of Topliss-reactive ketones (excluding diaryl/α,β-unsaturated/α-hetero) is 1. The van der Waals surface area contributed by atoms with Gasteiger partial charge in [-0.1, -0.05) is 20.8 Å². The lowest BCUT2D eigenvalue weighted by molar-refractivity contribution is -0.131. The van der Waals surface area contributed by atoms with Crippen LogP contribution in [0.2, 0.25) is 0 Å². The van der Waals surface area contributed by atoms with Crippen LogP contribution >= 0.6 is 0 Å². The SMILES string of the molecule is CC(C)C(=O)C=O.CCN/C(C=N)=C(\OC1CCCC1)C(=O)Nc1cc(F)cc(F)c1.CCNC. The molecule has 1 aliphatic carbocycles. The second-order valence-corrected chi connectivity index (χ2v) is 7.94. The zero-order valence-corrected chi connectivity index (χ0v) is 21.2. The Morgan fingerprint density at radius 3 is 2.03 bits per heavy atom. The molecule has 1 amide bonds. The molecular formula is C25H38F2N4O4. The van der Waals surface area contributed by atoms with Gasteiger partial charge in [0.15, 0.2) is 12.1 Å². The number of anilines is 1. The summed E-state index contributed by atoms with van der Waals surface area (Å²) in [4.78, 5) is 32.3. The van der Waals surface area contributed by atoms with Gasteiger partial charge in [-0.05, 0) is 58.3 Å². The average Bonchev–Trinajstić information content (AvgIpc) is 3.33. The number of allylic oxidation sites excluding steroid dienone is 1. The number of aldehydes is 1. The summed E-state index contributed by atoms with van der Waals surface area (Å²) in [6.07, 6.45) is 4.98. The molecular weight excluding hydrogens is 458 g/mol. The number of hydrogen-bond acceptors (Lipinski definition) is 7. The fourth-order valence-corrected chi connectivity index (χ4v) is 2.75. The first kappa shape index (κ1) is 31.9. The van der Waals surface area contributed by atoms with Crippen LogP contribution < -0.4 is 16.0 Å². The summed E-state index contributed by atoms with van der Waals surface area (Å²) in [5.41, 5.74) is 0.227. The first-order valence-corrected chi connectivity index (χ1v) is 11.7. The molecule has 1 fully saturated rings. The highest BCUT2D eigenvalue weighted by Gasteiger charge is 2.24. The maximum atomic E-state index is 13.3. The van der Waals surface area contributed by atoms with Crippen molar-refractivity contribution in [2.24, 2.45) is 5.92 Å². The third kappa shape index (κ3) is 13.4. The van der Waals surface area contributed by atoms with Crippen LogP contribution in [0.25, 0.3) is 0 Å². The van der Waals surface area contributed by atoms with Crippen LogP contribution in [0.15, 0.2) is 29.7 Å². The summed E-state index contributed by atoms with van der Waals surface area (Å²) in [5.74, 6) is -2.73. The highest BCUT2D eigenvalue weighted by molar-refractivity contribution is 6.25. The molecule has 0 bridgehead atoms. The molecule has 0 aliphatic heterocycles. The van der Waals surface area contributed by atoms with E-state index >= 15 is 0 Å². The van der Waals surface area contributed by atoms with Crippen LogP contribution in [0.3, 0.4) is 0 Å². The first-order chi connectivity index (χ1) is 16.6. The molecule has 0 atom stereocenters. The van der Waals surface area contributed by atoms with Gasteiger partial charge in [0, 0.05) is 30.4 Å². The van der Waals surface area contributed by atoms with Crippen molar-refractivity contribution >= 4 is 29.9 Å². The number of rotatable bonds is 10. The molecule has 8 nitrogen and oxygen atoms in total. The molecule has 2 rings (SSSR count). The number of ether oxygens (including phenoxy) is 1. The third-order valence-corrected chi connectivity index (χ3v) is 4.71. The molecule has 1 aliphatic rings. The third-order valence-electron chi connectivity index (χ3n) is 4.71. The fraction of sp³-hybridized carbons (Fsp3) is 0.520. The molecule has 1 aromatic rings. The Kier molecular flexibility index (Phi) is 16.6. The molecule has 196 valence electrons. The van der Waals surface area contributed by atoms with Gasteiger partial charge in [0.05, 0.1) is 6.10 Å². The summed E-state index contributed by atoms with van der Waals surface area (Å²) in [6, 6.07) is 2.76. The van der Waals surface area contributed by atoms with Crippen LogP contribution in [0.5, 0.6) is 0 Å². The number of carbonyl (C=O) groups excluding carboxylic acids is 3. The normalized spacial score (nSPS) is 13.4. The molecule has 4 N–H and O–H groups in total. The van der Waals surface area contributed by atoms with Gasteiger partial charge in [-0.15, -0.1) is 0 Å². The first-order valence-electron chi connectivity index (χ1n) is 11.7. The fourth-order valence-electron chi connectivity index (χ4n) is 2.75. The monoisotopic (exact) mass is 496 g/mol. The molecule has 1 saturated carbocycles. The quantitative estimate of drug-likeness (QED) is 0.128. The van der Waals surface area contributed by atoms with E-state index < -0.39 is 17.5 Å². The van der Waals surface area contributed by atoms with Crippen molar-refractivity contribution in [3.8, 4) is 0 Å². The maximum Gasteiger partial charge on any atom is 0.293 e. The number of benzene rings is 1. The summed E-state index contributed by atoms with van der Waals surface area (Å²) in [6.45, 7) is 8.86. The van der Waals surface area contributed by atoms with Gasteiger partial charge < -0.3 is 26.1 Å². The van der Waals surface area contributed by atoms with E-state index in [0.717, 1.165) is 56.6 Å². The highest BCUT2D eigenvalue weighted by atomic mass is 19.1. The highest BCUT2D eigenvalue weighted by Crippen LogP contribution is 2.24. The number of ketones is 1. The Balaban J connectivity index is 0.000000878. The van der Waals surface area contributed by atoms with Crippen LogP contribution in [-0.4, -0.2) is 50.4 Å². The van der Waals surface area contributed by atoms with E-state index in [-0.39, 0.29) is 34.9 Å². The lowest BCUT2D eigenvalue weighted by Gasteiger charge is -2.19. The molecule has 0 saturated heterocycles. The number of halogens is 2. The van der Waals surface area contributed by atoms with Crippen LogP contribution in [0.4, 0.5) is 14.5 Å². The Bertz CT molecular complexity index is 832. The lowest BCUT2D eigenvalue weighted by Crippen LogP contribution is -2.27. The van der Waals surface area contributed by atoms with Gasteiger partial charge in [0.25, 0.3) is 5.91 Å². The van der Waals surface area contributed by atoms with Crippen molar-refractivity contribution < 1.29 is 27.9 Å². The second kappa shape index (κ2) is 18.2. The molecule has 0 radical (unpaired) electrons. The predicted molar refractivity (Wildman–Crippen MR) is 133 cm³/mol. The van der Waals surface area contributed by atoms with Gasteiger partial charge in [-0.2, -0.15) is 0 Å². The predicted octanol–water partition coefficient (Wildman–Crippen LogP) is 3.97. The number of nitrogens with one attached hydrogen (secondary N) is 4. The Labute approximate surface area is 206 Å². The van der Waals surface area contributed by atoms with Crippen molar-refractivity contribution in [2.45, 2.75) is 59.5 Å². The Morgan fingerprint density at radius 1 is 1.11 bits per heavy atom. The van der Waals surface area contributed by atoms with Gasteiger partial charge >= 0.3 is 0 Å². The summed E-state index contributed by atoms with van der Waals surface area (Å²) in [7, 11) is 1.93. The average molecular weight is 497 g/mol. The molecule has 0 spiro atoms. The second-order valence-electron chi connectivity index (χ2n) is 7.94. The molecule has 0 aromatic heterocycles.